The fraction of sp³-hybridized carbons (Fsp3) is 0.324. The number of halogens is 1. The van der Waals surface area contributed by atoms with Gasteiger partial charge in [-0.1, -0.05) is 78.4 Å². The summed E-state index contributed by atoms with van der Waals surface area (Å²) in [6.07, 6.45) is 7.02. The molecule has 222 valence electrons. The van der Waals surface area contributed by atoms with Crippen LogP contribution in [-0.4, -0.2) is 34.9 Å². The van der Waals surface area contributed by atoms with Crippen molar-refractivity contribution < 1.29 is 19.2 Å². The van der Waals surface area contributed by atoms with Crippen LogP contribution in [0.2, 0.25) is 5.02 Å². The molecule has 0 radical (unpaired) electrons. The van der Waals surface area contributed by atoms with Crippen LogP contribution in [0.25, 0.3) is 0 Å². The summed E-state index contributed by atoms with van der Waals surface area (Å²) in [5.74, 6) is -2.58. The van der Waals surface area contributed by atoms with Gasteiger partial charge in [-0.25, -0.2) is 4.90 Å². The van der Waals surface area contributed by atoms with Crippen molar-refractivity contribution in [3.05, 3.63) is 112 Å². The van der Waals surface area contributed by atoms with Crippen molar-refractivity contribution in [1.82, 2.24) is 5.01 Å². The Morgan fingerprint density at radius 3 is 1.98 bits per heavy atom. The highest BCUT2D eigenvalue weighted by Crippen LogP contribution is 2.66. The first kappa shape index (κ1) is 25.9. The van der Waals surface area contributed by atoms with Crippen LogP contribution in [0.15, 0.2) is 84.0 Å². The van der Waals surface area contributed by atoms with E-state index in [1.54, 1.807) is 18.3 Å². The highest BCUT2D eigenvalue weighted by molar-refractivity contribution is 6.32. The molecule has 4 bridgehead atoms. The minimum absolute atomic E-state index is 0.0830. The Morgan fingerprint density at radius 1 is 0.778 bits per heavy atom. The summed E-state index contributed by atoms with van der Waals surface area (Å²) in [7, 11) is 0. The monoisotopic (exact) mass is 613 g/mol. The van der Waals surface area contributed by atoms with Gasteiger partial charge in [0.2, 0.25) is 11.8 Å². The molecule has 3 aromatic carbocycles. The van der Waals surface area contributed by atoms with Crippen molar-refractivity contribution in [2.45, 2.75) is 24.7 Å². The number of carbonyl (C=O) groups excluding carboxylic acids is 4. The maximum Gasteiger partial charge on any atom is 0.254 e. The second kappa shape index (κ2) is 8.46. The Kier molecular flexibility index (Phi) is 4.87. The Hall–Kier alpha value is -4.36. The molecule has 4 fully saturated rings. The van der Waals surface area contributed by atoms with Crippen molar-refractivity contribution in [2.24, 2.45) is 52.4 Å². The normalized spacial score (nSPS) is 37.7. The van der Waals surface area contributed by atoms with E-state index in [0.29, 0.717) is 22.5 Å². The van der Waals surface area contributed by atoms with Gasteiger partial charge in [0.1, 0.15) is 0 Å². The maximum atomic E-state index is 14.7. The van der Waals surface area contributed by atoms with E-state index in [1.807, 2.05) is 61.5 Å². The molecule has 2 aliphatic heterocycles. The molecule has 0 aromatic heterocycles. The lowest BCUT2D eigenvalue weighted by molar-refractivity contribution is -0.140. The molecule has 7 aliphatic carbocycles. The summed E-state index contributed by atoms with van der Waals surface area (Å²) in [5.41, 5.74) is 3.79. The van der Waals surface area contributed by atoms with E-state index in [-0.39, 0.29) is 53.2 Å². The lowest BCUT2D eigenvalue weighted by Gasteiger charge is -2.52. The number of allylic oxidation sites excluding steroid dienone is 2. The molecule has 0 spiro atoms. The number of hydrogen-bond donors (Lipinski definition) is 0. The Morgan fingerprint density at radius 2 is 1.38 bits per heavy atom. The molecule has 0 N–H and O–H groups in total. The summed E-state index contributed by atoms with van der Waals surface area (Å²) in [4.78, 5) is 58.2. The third-order valence-corrected chi connectivity index (χ3v) is 12.5. The molecule has 2 saturated heterocycles. The molecule has 8 heteroatoms. The SMILES string of the molecule is Cc1ccc(N2C(=O)[C@@H]3C4c5ccccc5C(/C=N\N5C(=O)[C@@H]6[C@H]7C=C[C@@H]([C@@H]8C[C@H]78)[C@@H]6C5=O)(c5ccccc54)[C@H]3C2=O)cc1Cl. The van der Waals surface area contributed by atoms with Crippen LogP contribution in [0.5, 0.6) is 0 Å². The highest BCUT2D eigenvalue weighted by Gasteiger charge is 2.69. The third kappa shape index (κ3) is 2.96. The van der Waals surface area contributed by atoms with Crippen molar-refractivity contribution >= 4 is 47.1 Å². The Bertz CT molecular complexity index is 1920. The van der Waals surface area contributed by atoms with E-state index in [2.05, 4.69) is 12.2 Å². The zero-order valence-electron chi connectivity index (χ0n) is 24.3. The lowest BCUT2D eigenvalue weighted by atomic mass is 9.47. The third-order valence-electron chi connectivity index (χ3n) is 12.1. The molecular weight excluding hydrogens is 586 g/mol. The van der Waals surface area contributed by atoms with Gasteiger partial charge in [0, 0.05) is 17.2 Å². The first-order chi connectivity index (χ1) is 21.8. The van der Waals surface area contributed by atoms with Crippen LogP contribution < -0.4 is 4.90 Å². The predicted octanol–water partition coefficient (Wildman–Crippen LogP) is 5.24. The summed E-state index contributed by atoms with van der Waals surface area (Å²) >= 11 is 6.48. The first-order valence-electron chi connectivity index (χ1n) is 15.8. The minimum atomic E-state index is -1.17. The number of amides is 4. The molecule has 9 aliphatic rings. The molecular formula is C37H28ClN3O4. The number of hydrogen-bond acceptors (Lipinski definition) is 5. The summed E-state index contributed by atoms with van der Waals surface area (Å²) in [6.45, 7) is 1.88. The van der Waals surface area contributed by atoms with Crippen LogP contribution in [0.3, 0.4) is 0 Å². The van der Waals surface area contributed by atoms with Gasteiger partial charge in [0.05, 0.1) is 34.8 Å². The largest absolute Gasteiger partial charge is 0.274 e. The van der Waals surface area contributed by atoms with Crippen LogP contribution in [0, 0.1) is 54.3 Å². The van der Waals surface area contributed by atoms with Crippen LogP contribution >= 0.6 is 11.6 Å². The maximum absolute atomic E-state index is 14.7. The van der Waals surface area contributed by atoms with Crippen LogP contribution in [-0.2, 0) is 24.6 Å². The molecule has 0 unspecified atom stereocenters. The van der Waals surface area contributed by atoms with Crippen LogP contribution in [0.1, 0.15) is 40.2 Å². The van der Waals surface area contributed by atoms with Crippen molar-refractivity contribution in [1.29, 1.82) is 0 Å². The zero-order valence-corrected chi connectivity index (χ0v) is 25.1. The van der Waals surface area contributed by atoms with Gasteiger partial charge in [-0.15, -0.1) is 0 Å². The number of benzene rings is 3. The van der Waals surface area contributed by atoms with E-state index in [1.165, 1.54) is 4.90 Å². The second-order valence-electron chi connectivity index (χ2n) is 13.9. The Labute approximate surface area is 264 Å². The van der Waals surface area contributed by atoms with E-state index < -0.39 is 17.3 Å². The molecule has 2 saturated carbocycles. The number of aryl methyl sites for hydroxylation is 1. The standard InChI is InChI=1S/C37H28ClN3O4/c1-17-10-11-18(14-27(17)38)40-33(42)31-28-21-6-2-4-8-25(21)37(32(31)36(40)45,26-9-5-3-7-22(26)28)16-39-41-34(43)29-19-12-13-20(24-15-23(19)24)30(29)35(41)44/h2-14,16,19-20,23-24,28-32H,15H2,1H3/b39-16-/t19-,20-,23-,24+,28?,29-,30+,31+,32+,37?/m0/s1. The summed E-state index contributed by atoms with van der Waals surface area (Å²) in [6, 6.07) is 21.0. The summed E-state index contributed by atoms with van der Waals surface area (Å²) < 4.78 is 0. The number of nitrogens with zero attached hydrogens (tertiary/aromatic N) is 3. The molecule has 3 aromatic rings. The van der Waals surface area contributed by atoms with E-state index >= 15 is 0 Å². The number of carbonyl (C=O) groups is 4. The van der Waals surface area contributed by atoms with E-state index in [0.717, 1.165) is 39.2 Å². The minimum Gasteiger partial charge on any atom is -0.274 e. The van der Waals surface area contributed by atoms with Crippen molar-refractivity contribution in [2.75, 3.05) is 4.90 Å². The van der Waals surface area contributed by atoms with Gasteiger partial charge in [-0.3, -0.25) is 19.2 Å². The molecule has 7 nitrogen and oxygen atoms in total. The number of hydrazone groups is 1. The van der Waals surface area contributed by atoms with Gasteiger partial charge < -0.3 is 0 Å². The first-order valence-corrected chi connectivity index (χ1v) is 16.1. The molecule has 8 atom stereocenters. The lowest BCUT2D eigenvalue weighted by Crippen LogP contribution is -2.55. The number of anilines is 1. The molecule has 12 rings (SSSR count). The fourth-order valence-electron chi connectivity index (χ4n) is 10.2. The van der Waals surface area contributed by atoms with Gasteiger partial charge in [0.25, 0.3) is 11.8 Å². The summed E-state index contributed by atoms with van der Waals surface area (Å²) in [5, 5.41) is 6.32. The van der Waals surface area contributed by atoms with E-state index in [4.69, 9.17) is 16.7 Å². The second-order valence-corrected chi connectivity index (χ2v) is 14.3. The predicted molar refractivity (Wildman–Crippen MR) is 166 cm³/mol. The number of rotatable bonds is 3. The molecule has 4 amide bonds. The number of imide groups is 2. The Balaban J connectivity index is 1.15. The molecule has 45 heavy (non-hydrogen) atoms. The average molecular weight is 614 g/mol. The van der Waals surface area contributed by atoms with E-state index in [9.17, 15) is 19.2 Å². The van der Waals surface area contributed by atoms with Crippen molar-refractivity contribution in [3.63, 3.8) is 0 Å². The van der Waals surface area contributed by atoms with Gasteiger partial charge in [-0.05, 0) is 77.0 Å². The molecule has 2 heterocycles. The smallest absolute Gasteiger partial charge is 0.254 e. The topological polar surface area (TPSA) is 87.1 Å². The zero-order chi connectivity index (χ0) is 30.5. The quantitative estimate of drug-likeness (QED) is 0.230. The highest BCUT2D eigenvalue weighted by atomic mass is 35.5. The van der Waals surface area contributed by atoms with Gasteiger partial charge in [0.15, 0.2) is 0 Å². The van der Waals surface area contributed by atoms with Gasteiger partial charge >= 0.3 is 0 Å². The van der Waals surface area contributed by atoms with Crippen molar-refractivity contribution in [3.8, 4) is 0 Å². The fourth-order valence-corrected chi connectivity index (χ4v) is 10.4. The van der Waals surface area contributed by atoms with Crippen LogP contribution in [0.4, 0.5) is 5.69 Å². The average Bonchev–Trinajstić information content (AvgIpc) is 3.79. The van der Waals surface area contributed by atoms with Gasteiger partial charge in [-0.2, -0.15) is 10.1 Å².